The highest BCUT2D eigenvalue weighted by Crippen LogP contribution is 2.28. The fourth-order valence-electron chi connectivity index (χ4n) is 3.27. The van der Waals surface area contributed by atoms with Gasteiger partial charge in [0.1, 0.15) is 18.4 Å². The third-order valence-corrected chi connectivity index (χ3v) is 4.88. The third kappa shape index (κ3) is 5.33. The molecular formula is C23H27N3O5. The minimum absolute atomic E-state index is 0.157. The summed E-state index contributed by atoms with van der Waals surface area (Å²) in [5.74, 6) is -0.201. The van der Waals surface area contributed by atoms with Crippen LogP contribution < -0.4 is 20.3 Å². The number of cyclic esters (lactones) is 1. The zero-order valence-electron chi connectivity index (χ0n) is 17.9. The van der Waals surface area contributed by atoms with Gasteiger partial charge >= 0.3 is 6.09 Å². The van der Waals surface area contributed by atoms with Crippen LogP contribution in [0.3, 0.4) is 0 Å². The van der Waals surface area contributed by atoms with Crippen molar-refractivity contribution < 1.29 is 23.9 Å². The molecule has 0 saturated carbocycles. The van der Waals surface area contributed by atoms with Gasteiger partial charge in [-0.1, -0.05) is 26.0 Å². The molecule has 1 saturated heterocycles. The number of carbonyl (C=O) groups excluding carboxylic acids is 3. The fraction of sp³-hybridized carbons (Fsp3) is 0.348. The molecule has 1 aliphatic rings. The van der Waals surface area contributed by atoms with Crippen molar-refractivity contribution in [3.05, 3.63) is 54.1 Å². The van der Waals surface area contributed by atoms with E-state index in [9.17, 15) is 14.4 Å². The normalized spacial score (nSPS) is 14.2. The number of nitrogens with one attached hydrogen (secondary N) is 2. The van der Waals surface area contributed by atoms with Gasteiger partial charge in [-0.05, 0) is 49.2 Å². The molecule has 2 aromatic rings. The lowest BCUT2D eigenvalue weighted by atomic mass is 10.0. The van der Waals surface area contributed by atoms with Crippen molar-refractivity contribution in [2.24, 2.45) is 5.92 Å². The van der Waals surface area contributed by atoms with Crippen LogP contribution >= 0.6 is 0 Å². The van der Waals surface area contributed by atoms with E-state index >= 15 is 0 Å². The number of para-hydroxylation sites is 2. The van der Waals surface area contributed by atoms with E-state index in [2.05, 4.69) is 10.6 Å². The summed E-state index contributed by atoms with van der Waals surface area (Å²) in [6, 6.07) is 13.0. The summed E-state index contributed by atoms with van der Waals surface area (Å²) in [5.41, 5.74) is 1.47. The van der Waals surface area contributed by atoms with Crippen LogP contribution in [0.2, 0.25) is 0 Å². The Balaban J connectivity index is 1.73. The van der Waals surface area contributed by atoms with Gasteiger partial charge in [-0.3, -0.25) is 14.5 Å². The molecule has 8 heteroatoms. The zero-order chi connectivity index (χ0) is 22.4. The van der Waals surface area contributed by atoms with E-state index in [1.54, 1.807) is 48.5 Å². The average molecular weight is 425 g/mol. The van der Waals surface area contributed by atoms with Crippen LogP contribution in [-0.4, -0.2) is 43.7 Å². The Labute approximate surface area is 181 Å². The highest BCUT2D eigenvalue weighted by Gasteiger charge is 2.29. The van der Waals surface area contributed by atoms with Crippen LogP contribution in [0.4, 0.5) is 16.2 Å². The van der Waals surface area contributed by atoms with Gasteiger partial charge in [0, 0.05) is 5.56 Å². The Kier molecular flexibility index (Phi) is 7.12. The van der Waals surface area contributed by atoms with E-state index < -0.39 is 12.1 Å². The van der Waals surface area contributed by atoms with Crippen LogP contribution in [0.1, 0.15) is 31.1 Å². The minimum atomic E-state index is -0.766. The number of ether oxygens (including phenoxy) is 2. The summed E-state index contributed by atoms with van der Waals surface area (Å²) in [5, 5.41) is 5.65. The quantitative estimate of drug-likeness (QED) is 0.675. The van der Waals surface area contributed by atoms with Crippen LogP contribution in [0.5, 0.6) is 5.75 Å². The fourth-order valence-corrected chi connectivity index (χ4v) is 3.27. The van der Waals surface area contributed by atoms with Gasteiger partial charge in [-0.2, -0.15) is 0 Å². The van der Waals surface area contributed by atoms with Crippen molar-refractivity contribution >= 4 is 29.3 Å². The number of anilines is 2. The van der Waals surface area contributed by atoms with E-state index in [0.717, 1.165) is 0 Å². The topological polar surface area (TPSA) is 97.0 Å². The number of rotatable bonds is 8. The van der Waals surface area contributed by atoms with E-state index in [1.807, 2.05) is 20.8 Å². The summed E-state index contributed by atoms with van der Waals surface area (Å²) in [7, 11) is 0. The molecule has 3 rings (SSSR count). The Hall–Kier alpha value is -3.55. The highest BCUT2D eigenvalue weighted by atomic mass is 16.6. The van der Waals surface area contributed by atoms with Crippen LogP contribution in [-0.2, 0) is 9.53 Å². The van der Waals surface area contributed by atoms with Gasteiger partial charge in [0.25, 0.3) is 5.91 Å². The van der Waals surface area contributed by atoms with Gasteiger partial charge in [-0.25, -0.2) is 4.79 Å². The molecule has 0 aromatic heterocycles. The van der Waals surface area contributed by atoms with Crippen molar-refractivity contribution in [1.29, 1.82) is 0 Å². The smallest absolute Gasteiger partial charge is 0.414 e. The van der Waals surface area contributed by atoms with Crippen molar-refractivity contribution in [2.45, 2.75) is 26.8 Å². The van der Waals surface area contributed by atoms with Gasteiger partial charge in [-0.15, -0.1) is 0 Å². The van der Waals surface area contributed by atoms with E-state index in [4.69, 9.17) is 9.47 Å². The third-order valence-electron chi connectivity index (χ3n) is 4.88. The molecule has 0 aliphatic carbocycles. The van der Waals surface area contributed by atoms with Gasteiger partial charge in [0.05, 0.1) is 24.5 Å². The second-order valence-corrected chi connectivity index (χ2v) is 7.42. The molecule has 3 amide bonds. The average Bonchev–Trinajstić information content (AvgIpc) is 3.18. The van der Waals surface area contributed by atoms with Gasteiger partial charge < -0.3 is 20.1 Å². The molecule has 1 heterocycles. The lowest BCUT2D eigenvalue weighted by Crippen LogP contribution is -2.47. The highest BCUT2D eigenvalue weighted by molar-refractivity contribution is 6.04. The summed E-state index contributed by atoms with van der Waals surface area (Å²) in [6.07, 6.45) is -0.453. The first-order valence-electron chi connectivity index (χ1n) is 10.3. The van der Waals surface area contributed by atoms with Crippen LogP contribution in [0.15, 0.2) is 48.5 Å². The summed E-state index contributed by atoms with van der Waals surface area (Å²) >= 11 is 0. The van der Waals surface area contributed by atoms with Gasteiger partial charge in [0.2, 0.25) is 5.91 Å². The first-order valence-corrected chi connectivity index (χ1v) is 10.3. The second-order valence-electron chi connectivity index (χ2n) is 7.42. The molecule has 164 valence electrons. The van der Waals surface area contributed by atoms with Crippen molar-refractivity contribution in [2.75, 3.05) is 30.0 Å². The summed E-state index contributed by atoms with van der Waals surface area (Å²) in [6.45, 7) is 6.84. The molecule has 0 radical (unpaired) electrons. The number of hydrogen-bond acceptors (Lipinski definition) is 5. The van der Waals surface area contributed by atoms with Crippen molar-refractivity contribution in [3.8, 4) is 5.75 Å². The Morgan fingerprint density at radius 1 is 1.13 bits per heavy atom. The second kappa shape index (κ2) is 9.97. The first-order chi connectivity index (χ1) is 14.9. The Morgan fingerprint density at radius 3 is 2.45 bits per heavy atom. The minimum Gasteiger partial charge on any atom is -0.494 e. The number of amides is 3. The predicted molar refractivity (Wildman–Crippen MR) is 117 cm³/mol. The lowest BCUT2D eigenvalue weighted by Gasteiger charge is -2.24. The molecule has 2 aromatic carbocycles. The molecule has 0 spiro atoms. The Morgan fingerprint density at radius 2 is 1.84 bits per heavy atom. The van der Waals surface area contributed by atoms with E-state index in [0.29, 0.717) is 42.4 Å². The van der Waals surface area contributed by atoms with Crippen LogP contribution in [0, 0.1) is 5.92 Å². The lowest BCUT2D eigenvalue weighted by molar-refractivity contribution is -0.118. The number of carbonyl (C=O) groups is 3. The van der Waals surface area contributed by atoms with E-state index in [1.165, 1.54) is 4.90 Å². The summed E-state index contributed by atoms with van der Waals surface area (Å²) in [4.78, 5) is 39.1. The molecule has 1 fully saturated rings. The van der Waals surface area contributed by atoms with Crippen molar-refractivity contribution in [3.63, 3.8) is 0 Å². The SMILES string of the molecule is CCOc1ccc(C(=O)NC(C(=O)Nc2ccccc2N2CCOC2=O)C(C)C)cc1. The predicted octanol–water partition coefficient (Wildman–Crippen LogP) is 3.44. The molecule has 1 unspecified atom stereocenters. The maximum atomic E-state index is 13.0. The first kappa shape index (κ1) is 22.1. The molecule has 0 bridgehead atoms. The molecule has 8 nitrogen and oxygen atoms in total. The monoisotopic (exact) mass is 425 g/mol. The number of nitrogens with zero attached hydrogens (tertiary/aromatic N) is 1. The van der Waals surface area contributed by atoms with E-state index in [-0.39, 0.29) is 17.7 Å². The molecule has 1 aliphatic heterocycles. The van der Waals surface area contributed by atoms with Gasteiger partial charge in [0.15, 0.2) is 0 Å². The number of benzene rings is 2. The maximum absolute atomic E-state index is 13.0. The molecule has 2 N–H and O–H groups in total. The van der Waals surface area contributed by atoms with Crippen molar-refractivity contribution in [1.82, 2.24) is 5.32 Å². The number of hydrogen-bond donors (Lipinski definition) is 2. The molecule has 31 heavy (non-hydrogen) atoms. The zero-order valence-corrected chi connectivity index (χ0v) is 17.9. The largest absolute Gasteiger partial charge is 0.494 e. The maximum Gasteiger partial charge on any atom is 0.414 e. The Bertz CT molecular complexity index is 942. The molecular weight excluding hydrogens is 398 g/mol. The standard InChI is InChI=1S/C23H27N3O5/c1-4-30-17-11-9-16(10-12-17)21(27)25-20(15(2)3)22(28)24-18-7-5-6-8-19(18)26-13-14-31-23(26)29/h5-12,15,20H,4,13-14H2,1-3H3,(H,24,28)(H,25,27). The molecule has 1 atom stereocenters. The van der Waals surface area contributed by atoms with Crippen LogP contribution in [0.25, 0.3) is 0 Å². The summed E-state index contributed by atoms with van der Waals surface area (Å²) < 4.78 is 10.4.